The second-order valence-corrected chi connectivity index (χ2v) is 5.45. The van der Waals surface area contributed by atoms with Crippen molar-refractivity contribution < 1.29 is 9.53 Å². The van der Waals surface area contributed by atoms with Gasteiger partial charge >= 0.3 is 0 Å². The number of ether oxygens (including phenoxy) is 1. The number of hydrogen-bond acceptors (Lipinski definition) is 3. The summed E-state index contributed by atoms with van der Waals surface area (Å²) in [6.45, 7) is 7.59. The number of imidazole rings is 1. The quantitative estimate of drug-likeness (QED) is 0.859. The third kappa shape index (κ3) is 3.45. The van der Waals surface area contributed by atoms with E-state index in [0.717, 1.165) is 5.69 Å². The van der Waals surface area contributed by atoms with Crippen molar-refractivity contribution in [3.8, 4) is 0 Å². The van der Waals surface area contributed by atoms with E-state index in [1.54, 1.807) is 0 Å². The molecule has 0 atom stereocenters. The van der Waals surface area contributed by atoms with Gasteiger partial charge in [-0.1, -0.05) is 13.8 Å². The number of hydrogen-bond donors (Lipinski definition) is 1. The van der Waals surface area contributed by atoms with Crippen LogP contribution in [0.2, 0.25) is 0 Å². The van der Waals surface area contributed by atoms with Crippen LogP contribution in [0.3, 0.4) is 0 Å². The average molecular weight is 283 g/mol. The van der Waals surface area contributed by atoms with Crippen molar-refractivity contribution in [1.29, 1.82) is 0 Å². The van der Waals surface area contributed by atoms with Crippen LogP contribution >= 0.6 is 12.2 Å². The van der Waals surface area contributed by atoms with Crippen molar-refractivity contribution >= 4 is 18.1 Å². The lowest BCUT2D eigenvalue weighted by Gasteiger charge is -2.27. The van der Waals surface area contributed by atoms with Crippen LogP contribution in [0.5, 0.6) is 0 Å². The van der Waals surface area contributed by atoms with Crippen molar-refractivity contribution in [1.82, 2.24) is 14.5 Å². The zero-order valence-corrected chi connectivity index (χ0v) is 12.3. The molecule has 1 aliphatic heterocycles. The third-order valence-corrected chi connectivity index (χ3v) is 3.74. The highest BCUT2D eigenvalue weighted by Gasteiger charge is 2.17. The number of rotatable bonds is 4. The lowest BCUT2D eigenvalue weighted by atomic mass is 10.1. The summed E-state index contributed by atoms with van der Waals surface area (Å²) in [7, 11) is 0. The minimum atomic E-state index is 0.182. The van der Waals surface area contributed by atoms with Gasteiger partial charge in [-0.25, -0.2) is 0 Å². The van der Waals surface area contributed by atoms with Gasteiger partial charge in [-0.2, -0.15) is 0 Å². The molecule has 0 spiro atoms. The maximum absolute atomic E-state index is 12.1. The van der Waals surface area contributed by atoms with Crippen molar-refractivity contribution in [3.05, 3.63) is 16.7 Å². The molecule has 0 bridgehead atoms. The molecule has 2 rings (SSSR count). The molecular formula is C13H21N3O2S. The summed E-state index contributed by atoms with van der Waals surface area (Å²) < 4.78 is 7.97. The van der Waals surface area contributed by atoms with Crippen molar-refractivity contribution in [2.24, 2.45) is 0 Å². The number of carbonyl (C=O) groups is 1. The number of aromatic nitrogens is 2. The molecule has 1 aliphatic rings. The van der Waals surface area contributed by atoms with Crippen LogP contribution in [-0.4, -0.2) is 46.7 Å². The minimum Gasteiger partial charge on any atom is -0.378 e. The molecule has 2 heterocycles. The first-order valence-corrected chi connectivity index (χ1v) is 7.14. The standard InChI is InChI=1S/C13H21N3O2S/c1-10(2)11-9-14-13(19)16(11)4-3-12(17)15-5-7-18-8-6-15/h9-10H,3-8H2,1-2H3,(H,14,19). The summed E-state index contributed by atoms with van der Waals surface area (Å²) in [5.74, 6) is 0.576. The molecule has 0 radical (unpaired) electrons. The fourth-order valence-corrected chi connectivity index (χ4v) is 2.55. The number of morpholine rings is 1. The molecule has 1 amide bonds. The Balaban J connectivity index is 1.96. The van der Waals surface area contributed by atoms with Gasteiger partial charge in [0, 0.05) is 37.9 Å². The Morgan fingerprint density at radius 3 is 2.79 bits per heavy atom. The fraction of sp³-hybridized carbons (Fsp3) is 0.692. The molecule has 1 fully saturated rings. The minimum absolute atomic E-state index is 0.182. The van der Waals surface area contributed by atoms with E-state index in [2.05, 4.69) is 18.8 Å². The molecule has 6 heteroatoms. The zero-order valence-electron chi connectivity index (χ0n) is 11.5. The van der Waals surface area contributed by atoms with Crippen LogP contribution < -0.4 is 0 Å². The number of amides is 1. The molecule has 19 heavy (non-hydrogen) atoms. The summed E-state index contributed by atoms with van der Waals surface area (Å²) in [4.78, 5) is 17.0. The van der Waals surface area contributed by atoms with E-state index in [0.29, 0.717) is 50.0 Å². The predicted molar refractivity (Wildman–Crippen MR) is 75.7 cm³/mol. The Morgan fingerprint density at radius 1 is 1.47 bits per heavy atom. The molecule has 1 saturated heterocycles. The van der Waals surface area contributed by atoms with Gasteiger partial charge in [0.1, 0.15) is 0 Å². The molecule has 0 saturated carbocycles. The highest BCUT2D eigenvalue weighted by molar-refractivity contribution is 7.71. The normalized spacial score (nSPS) is 16.1. The highest BCUT2D eigenvalue weighted by Crippen LogP contribution is 2.15. The number of carbonyl (C=O) groups excluding carboxylic acids is 1. The van der Waals surface area contributed by atoms with Gasteiger partial charge in [0.05, 0.1) is 13.2 Å². The van der Waals surface area contributed by atoms with Crippen molar-refractivity contribution in [2.45, 2.75) is 32.7 Å². The second kappa shape index (κ2) is 6.34. The van der Waals surface area contributed by atoms with E-state index in [4.69, 9.17) is 17.0 Å². The third-order valence-electron chi connectivity index (χ3n) is 3.40. The average Bonchev–Trinajstić information content (AvgIpc) is 2.78. The first-order valence-electron chi connectivity index (χ1n) is 6.73. The maximum atomic E-state index is 12.1. The van der Waals surface area contributed by atoms with E-state index in [1.165, 1.54) is 0 Å². The Labute approximate surface area is 118 Å². The van der Waals surface area contributed by atoms with Crippen molar-refractivity contribution in [3.63, 3.8) is 0 Å². The Morgan fingerprint density at radius 2 is 2.16 bits per heavy atom. The maximum Gasteiger partial charge on any atom is 0.224 e. The van der Waals surface area contributed by atoms with Crippen LogP contribution in [-0.2, 0) is 16.1 Å². The summed E-state index contributed by atoms with van der Waals surface area (Å²) >= 11 is 5.26. The van der Waals surface area contributed by atoms with E-state index < -0.39 is 0 Å². The predicted octanol–water partition coefficient (Wildman–Crippen LogP) is 1.92. The number of nitrogens with zero attached hydrogens (tertiary/aromatic N) is 2. The van der Waals surface area contributed by atoms with Crippen LogP contribution in [0.1, 0.15) is 31.9 Å². The first-order chi connectivity index (χ1) is 9.09. The van der Waals surface area contributed by atoms with Crippen molar-refractivity contribution in [2.75, 3.05) is 26.3 Å². The molecule has 0 aromatic carbocycles. The van der Waals surface area contributed by atoms with Gasteiger partial charge in [0.15, 0.2) is 4.77 Å². The Bertz CT molecular complexity index is 486. The number of aromatic amines is 1. The molecule has 1 aromatic heterocycles. The van der Waals surface area contributed by atoms with E-state index in [1.807, 2.05) is 15.7 Å². The Kier molecular flexibility index (Phi) is 4.76. The van der Waals surface area contributed by atoms with Gasteiger partial charge in [0.2, 0.25) is 5.91 Å². The van der Waals surface area contributed by atoms with E-state index in [-0.39, 0.29) is 5.91 Å². The fourth-order valence-electron chi connectivity index (χ4n) is 2.30. The largest absolute Gasteiger partial charge is 0.378 e. The summed E-state index contributed by atoms with van der Waals surface area (Å²) in [6, 6.07) is 0. The molecular weight excluding hydrogens is 262 g/mol. The summed E-state index contributed by atoms with van der Waals surface area (Å²) in [5, 5.41) is 0. The van der Waals surface area contributed by atoms with E-state index >= 15 is 0 Å². The smallest absolute Gasteiger partial charge is 0.224 e. The number of H-pyrrole nitrogens is 1. The lowest BCUT2D eigenvalue weighted by molar-refractivity contribution is -0.135. The monoisotopic (exact) mass is 283 g/mol. The van der Waals surface area contributed by atoms with Gasteiger partial charge in [-0.05, 0) is 18.1 Å². The van der Waals surface area contributed by atoms with Crippen LogP contribution in [0, 0.1) is 4.77 Å². The lowest BCUT2D eigenvalue weighted by Crippen LogP contribution is -2.41. The molecule has 1 N–H and O–H groups in total. The zero-order chi connectivity index (χ0) is 13.8. The SMILES string of the molecule is CC(C)c1c[nH]c(=S)n1CCC(=O)N1CCOCC1. The van der Waals surface area contributed by atoms with Gasteiger partial charge in [0.25, 0.3) is 0 Å². The Hall–Kier alpha value is -1.14. The molecule has 5 nitrogen and oxygen atoms in total. The van der Waals surface area contributed by atoms with Crippen LogP contribution in [0.15, 0.2) is 6.20 Å². The molecule has 0 unspecified atom stereocenters. The van der Waals surface area contributed by atoms with Crippen LogP contribution in [0.4, 0.5) is 0 Å². The van der Waals surface area contributed by atoms with Gasteiger partial charge in [-0.3, -0.25) is 4.79 Å². The number of nitrogens with one attached hydrogen (secondary N) is 1. The van der Waals surface area contributed by atoms with Gasteiger partial charge < -0.3 is 19.2 Å². The summed E-state index contributed by atoms with van der Waals surface area (Å²) in [5.41, 5.74) is 1.15. The molecule has 1 aromatic rings. The van der Waals surface area contributed by atoms with Gasteiger partial charge in [-0.15, -0.1) is 0 Å². The first kappa shape index (κ1) is 14.3. The topological polar surface area (TPSA) is 50.3 Å². The molecule has 106 valence electrons. The van der Waals surface area contributed by atoms with Crippen LogP contribution in [0.25, 0.3) is 0 Å². The molecule has 0 aliphatic carbocycles. The van der Waals surface area contributed by atoms with E-state index in [9.17, 15) is 4.79 Å². The second-order valence-electron chi connectivity index (χ2n) is 5.07. The highest BCUT2D eigenvalue weighted by atomic mass is 32.1. The summed E-state index contributed by atoms with van der Waals surface area (Å²) in [6.07, 6.45) is 2.43.